The van der Waals surface area contributed by atoms with E-state index in [0.29, 0.717) is 0 Å². The highest BCUT2D eigenvalue weighted by molar-refractivity contribution is 7.84. The maximum atomic E-state index is 10.0. The van der Waals surface area contributed by atoms with Gasteiger partial charge in [0.1, 0.15) is 0 Å². The molecule has 0 fully saturated rings. The molecule has 0 aliphatic rings. The summed E-state index contributed by atoms with van der Waals surface area (Å²) in [5, 5.41) is 20.8. The number of rotatable bonds is 4. The summed E-state index contributed by atoms with van der Waals surface area (Å²) in [7, 11) is -3.94. The van der Waals surface area contributed by atoms with Crippen LogP contribution in [-0.2, 0) is 14.5 Å². The van der Waals surface area contributed by atoms with Crippen molar-refractivity contribution in [1.29, 1.82) is 0 Å². The first-order valence-corrected chi connectivity index (χ1v) is 3.92. The second-order valence-electron chi connectivity index (χ2n) is 1.58. The molecule has 0 amide bonds. The van der Waals surface area contributed by atoms with Crippen molar-refractivity contribution < 1.29 is 22.8 Å². The van der Waals surface area contributed by atoms with Crippen LogP contribution < -0.4 is 5.14 Å². The molecule has 0 aliphatic heterocycles. The van der Waals surface area contributed by atoms with Crippen molar-refractivity contribution >= 4 is 10.3 Å². The fourth-order valence-corrected chi connectivity index (χ4v) is 0.598. The summed E-state index contributed by atoms with van der Waals surface area (Å²) in [6.07, 6.45) is -1.75. The number of hydrogen-bond donors (Lipinski definition) is 3. The van der Waals surface area contributed by atoms with E-state index in [-0.39, 0.29) is 13.0 Å². The van der Waals surface area contributed by atoms with Gasteiger partial charge in [-0.1, -0.05) is 0 Å². The highest BCUT2D eigenvalue weighted by Gasteiger charge is 2.03. The molecule has 0 atom stereocenters. The van der Waals surface area contributed by atoms with Crippen LogP contribution >= 0.6 is 0 Å². The molecular weight excluding hydrogens is 162 g/mol. The predicted octanol–water partition coefficient (Wildman–Crippen LogP) is -2.09. The fraction of sp³-hybridized carbons (Fsp3) is 1.00. The molecule has 0 spiro atoms. The van der Waals surface area contributed by atoms with Gasteiger partial charge in [0, 0.05) is 6.42 Å². The molecule has 0 unspecified atom stereocenters. The van der Waals surface area contributed by atoms with Gasteiger partial charge in [0.15, 0.2) is 6.29 Å². The molecule has 0 aliphatic carbocycles. The fourth-order valence-electron chi connectivity index (χ4n) is 0.270. The first-order valence-electron chi connectivity index (χ1n) is 2.45. The Morgan fingerprint density at radius 3 is 2.30 bits per heavy atom. The SMILES string of the molecule is NS(=O)(=O)OCCC(O)O. The summed E-state index contributed by atoms with van der Waals surface area (Å²) in [4.78, 5) is 0. The predicted molar refractivity (Wildman–Crippen MR) is 31.9 cm³/mol. The lowest BCUT2D eigenvalue weighted by Gasteiger charge is -2.01. The summed E-state index contributed by atoms with van der Waals surface area (Å²) >= 11 is 0. The Kier molecular flexibility index (Phi) is 3.76. The normalized spacial score (nSPS) is 12.4. The van der Waals surface area contributed by atoms with E-state index in [1.165, 1.54) is 0 Å². The Morgan fingerprint density at radius 2 is 2.00 bits per heavy atom. The Labute approximate surface area is 58.5 Å². The van der Waals surface area contributed by atoms with Crippen LogP contribution in [0.2, 0.25) is 0 Å². The maximum Gasteiger partial charge on any atom is 0.333 e. The lowest BCUT2D eigenvalue weighted by molar-refractivity contribution is -0.0515. The molecule has 0 aromatic rings. The number of aliphatic hydroxyl groups excluding tert-OH is 1. The van der Waals surface area contributed by atoms with Crippen molar-refractivity contribution in [2.75, 3.05) is 6.61 Å². The van der Waals surface area contributed by atoms with E-state index in [1.54, 1.807) is 0 Å². The van der Waals surface area contributed by atoms with Crippen LogP contribution in [0.3, 0.4) is 0 Å². The van der Waals surface area contributed by atoms with Gasteiger partial charge in [0.25, 0.3) is 0 Å². The molecule has 0 aromatic heterocycles. The van der Waals surface area contributed by atoms with Crippen LogP contribution in [0, 0.1) is 0 Å². The number of aliphatic hydroxyl groups is 2. The zero-order valence-electron chi connectivity index (χ0n) is 5.10. The van der Waals surface area contributed by atoms with Crippen LogP contribution in [0.1, 0.15) is 6.42 Å². The first-order chi connectivity index (χ1) is 4.42. The minimum absolute atomic E-state index is 0.184. The highest BCUT2D eigenvalue weighted by Crippen LogP contribution is 1.89. The summed E-state index contributed by atoms with van der Waals surface area (Å²) in [6, 6.07) is 0. The molecular formula is C3H9NO5S. The van der Waals surface area contributed by atoms with Crippen molar-refractivity contribution in [3.05, 3.63) is 0 Å². The summed E-state index contributed by atoms with van der Waals surface area (Å²) in [5.74, 6) is 0. The number of hydrogen-bond acceptors (Lipinski definition) is 5. The minimum atomic E-state index is -3.94. The summed E-state index contributed by atoms with van der Waals surface area (Å²) < 4.78 is 24.0. The van der Waals surface area contributed by atoms with Gasteiger partial charge in [-0.2, -0.15) is 8.42 Å². The Balaban J connectivity index is 3.39. The summed E-state index contributed by atoms with van der Waals surface area (Å²) in [5.41, 5.74) is 0. The van der Waals surface area contributed by atoms with E-state index in [2.05, 4.69) is 9.32 Å². The van der Waals surface area contributed by atoms with Crippen LogP contribution in [0.4, 0.5) is 0 Å². The van der Waals surface area contributed by atoms with Gasteiger partial charge in [-0.3, -0.25) is 4.18 Å². The van der Waals surface area contributed by atoms with Crippen LogP contribution in [0.5, 0.6) is 0 Å². The Morgan fingerprint density at radius 1 is 1.50 bits per heavy atom. The van der Waals surface area contributed by atoms with Gasteiger partial charge in [0.2, 0.25) is 0 Å². The van der Waals surface area contributed by atoms with Gasteiger partial charge in [-0.15, -0.1) is 0 Å². The minimum Gasteiger partial charge on any atom is -0.368 e. The Bertz CT molecular complexity index is 173. The lowest BCUT2D eigenvalue weighted by Crippen LogP contribution is -2.18. The number of nitrogens with two attached hydrogens (primary N) is 1. The molecule has 0 rings (SSSR count). The molecule has 0 aromatic carbocycles. The quantitative estimate of drug-likeness (QED) is 0.420. The van der Waals surface area contributed by atoms with Crippen molar-refractivity contribution in [2.45, 2.75) is 12.7 Å². The van der Waals surface area contributed by atoms with E-state index in [9.17, 15) is 8.42 Å². The molecule has 0 bridgehead atoms. The average Bonchev–Trinajstić information content (AvgIpc) is 1.59. The zero-order valence-corrected chi connectivity index (χ0v) is 5.91. The van der Waals surface area contributed by atoms with E-state index in [1.807, 2.05) is 0 Å². The molecule has 4 N–H and O–H groups in total. The standard InChI is InChI=1S/C3H9NO5S/c4-10(7,8)9-2-1-3(5)6/h3,5-6H,1-2H2,(H2,4,7,8). The largest absolute Gasteiger partial charge is 0.368 e. The summed E-state index contributed by atoms with van der Waals surface area (Å²) in [6.45, 7) is -0.323. The van der Waals surface area contributed by atoms with E-state index in [4.69, 9.17) is 10.2 Å². The van der Waals surface area contributed by atoms with Crippen molar-refractivity contribution in [1.82, 2.24) is 0 Å². The monoisotopic (exact) mass is 171 g/mol. The lowest BCUT2D eigenvalue weighted by atomic mass is 10.5. The second-order valence-corrected chi connectivity index (χ2v) is 2.81. The third kappa shape index (κ3) is 7.79. The third-order valence-corrected chi connectivity index (χ3v) is 1.12. The van der Waals surface area contributed by atoms with Crippen LogP contribution in [0.25, 0.3) is 0 Å². The first kappa shape index (κ1) is 9.79. The molecule has 0 heterocycles. The molecule has 7 heteroatoms. The molecule has 0 saturated heterocycles. The maximum absolute atomic E-state index is 10.0. The van der Waals surface area contributed by atoms with Gasteiger partial charge in [-0.25, -0.2) is 5.14 Å². The van der Waals surface area contributed by atoms with Crippen molar-refractivity contribution in [3.63, 3.8) is 0 Å². The molecule has 0 radical (unpaired) electrons. The molecule has 0 saturated carbocycles. The second kappa shape index (κ2) is 3.84. The van der Waals surface area contributed by atoms with E-state index in [0.717, 1.165) is 0 Å². The molecule has 62 valence electrons. The smallest absolute Gasteiger partial charge is 0.333 e. The molecule has 6 nitrogen and oxygen atoms in total. The third-order valence-electron chi connectivity index (χ3n) is 0.624. The van der Waals surface area contributed by atoms with Crippen LogP contribution in [-0.4, -0.2) is 31.5 Å². The van der Waals surface area contributed by atoms with Gasteiger partial charge in [-0.05, 0) is 0 Å². The Hall–Kier alpha value is -0.210. The van der Waals surface area contributed by atoms with Gasteiger partial charge >= 0.3 is 10.3 Å². The van der Waals surface area contributed by atoms with Crippen molar-refractivity contribution in [2.24, 2.45) is 5.14 Å². The van der Waals surface area contributed by atoms with Gasteiger partial charge in [0.05, 0.1) is 6.61 Å². The van der Waals surface area contributed by atoms with Crippen molar-refractivity contribution in [3.8, 4) is 0 Å². The van der Waals surface area contributed by atoms with E-state index < -0.39 is 16.6 Å². The highest BCUT2D eigenvalue weighted by atomic mass is 32.2. The van der Waals surface area contributed by atoms with E-state index >= 15 is 0 Å². The topological polar surface area (TPSA) is 110 Å². The van der Waals surface area contributed by atoms with Crippen LogP contribution in [0.15, 0.2) is 0 Å². The average molecular weight is 171 g/mol. The van der Waals surface area contributed by atoms with Gasteiger partial charge < -0.3 is 10.2 Å². The molecule has 10 heavy (non-hydrogen) atoms. The zero-order chi connectivity index (χ0) is 8.20.